The molecule has 0 aliphatic heterocycles. The predicted octanol–water partition coefficient (Wildman–Crippen LogP) is 4.04. The Labute approximate surface area is 205 Å². The Balaban J connectivity index is 1.68. The van der Waals surface area contributed by atoms with Crippen molar-refractivity contribution in [3.05, 3.63) is 59.4 Å². The van der Waals surface area contributed by atoms with Crippen molar-refractivity contribution < 1.29 is 17.2 Å². The second-order valence-electron chi connectivity index (χ2n) is 8.65. The van der Waals surface area contributed by atoms with Gasteiger partial charge in [0.15, 0.2) is 27.3 Å². The summed E-state index contributed by atoms with van der Waals surface area (Å²) in [5, 5.41) is 18.4. The highest BCUT2D eigenvalue weighted by atomic mass is 32.2. The van der Waals surface area contributed by atoms with Crippen LogP contribution in [0.15, 0.2) is 41.4 Å². The maximum Gasteiger partial charge on any atom is 0.232 e. The fourth-order valence-electron chi connectivity index (χ4n) is 3.86. The fraction of sp³-hybridized carbons (Fsp3) is 0.261. The quantitative estimate of drug-likeness (QED) is 0.377. The van der Waals surface area contributed by atoms with E-state index >= 15 is 8.78 Å². The van der Waals surface area contributed by atoms with Crippen LogP contribution < -0.4 is 10.2 Å². The number of nitrogens with one attached hydrogen (secondary N) is 2. The molecule has 0 bridgehead atoms. The van der Waals surface area contributed by atoms with Crippen LogP contribution >= 0.6 is 0 Å². The number of hydrogen-bond acceptors (Lipinski definition) is 9. The Bertz CT molecular complexity index is 1530. The number of H-pyrrole nitrogens is 1. The molecule has 3 aromatic heterocycles. The first-order chi connectivity index (χ1) is 17.1. The molecule has 2 N–H and O–H groups in total. The number of halogens is 2. The number of nitrogens with zero attached hydrogens (tertiary/aromatic N) is 6. The number of benzene rings is 1. The maximum absolute atomic E-state index is 15.0. The third kappa shape index (κ3) is 4.61. The molecule has 0 spiro atoms. The van der Waals surface area contributed by atoms with Gasteiger partial charge in [0.2, 0.25) is 5.95 Å². The molecule has 1 aromatic carbocycles. The van der Waals surface area contributed by atoms with E-state index in [1.165, 1.54) is 13.2 Å². The van der Waals surface area contributed by atoms with Crippen LogP contribution in [0.25, 0.3) is 11.4 Å². The van der Waals surface area contributed by atoms with Crippen molar-refractivity contribution in [3.63, 3.8) is 0 Å². The normalized spacial score (nSPS) is 13.6. The van der Waals surface area contributed by atoms with Crippen molar-refractivity contribution in [2.24, 2.45) is 0 Å². The Morgan fingerprint density at radius 1 is 1.14 bits per heavy atom. The molecule has 0 unspecified atom stereocenters. The average molecular weight is 513 g/mol. The highest BCUT2D eigenvalue weighted by Crippen LogP contribution is 2.47. The van der Waals surface area contributed by atoms with Crippen LogP contribution in [0, 0.1) is 18.6 Å². The van der Waals surface area contributed by atoms with E-state index in [9.17, 15) is 8.42 Å². The number of aromatic nitrogens is 6. The summed E-state index contributed by atoms with van der Waals surface area (Å²) in [6.45, 7) is 1.86. The van der Waals surface area contributed by atoms with Gasteiger partial charge in [-0.3, -0.25) is 5.10 Å². The lowest BCUT2D eigenvalue weighted by Gasteiger charge is -2.22. The number of hydrogen-bond donors (Lipinski definition) is 2. The number of anilines is 4. The predicted molar refractivity (Wildman–Crippen MR) is 129 cm³/mol. The van der Waals surface area contributed by atoms with E-state index in [2.05, 4.69) is 35.7 Å². The van der Waals surface area contributed by atoms with Gasteiger partial charge in [0.1, 0.15) is 22.9 Å². The fourth-order valence-corrected chi connectivity index (χ4v) is 4.50. The number of aryl methyl sites for hydroxylation is 1. The van der Waals surface area contributed by atoms with Crippen LogP contribution in [-0.4, -0.2) is 52.1 Å². The van der Waals surface area contributed by atoms with Crippen LogP contribution in [0.1, 0.15) is 30.0 Å². The molecule has 5 rings (SSSR count). The summed E-state index contributed by atoms with van der Waals surface area (Å²) < 4.78 is 53.7. The highest BCUT2D eigenvalue weighted by molar-refractivity contribution is 7.90. The van der Waals surface area contributed by atoms with Gasteiger partial charge in [-0.1, -0.05) is 0 Å². The van der Waals surface area contributed by atoms with Gasteiger partial charge < -0.3 is 10.2 Å². The lowest BCUT2D eigenvalue weighted by Crippen LogP contribution is -2.19. The third-order valence-corrected chi connectivity index (χ3v) is 6.83. The summed E-state index contributed by atoms with van der Waals surface area (Å²) in [4.78, 5) is 9.91. The van der Waals surface area contributed by atoms with Crippen LogP contribution in [0.2, 0.25) is 0 Å². The van der Waals surface area contributed by atoms with Crippen LogP contribution in [0.3, 0.4) is 0 Å². The molecule has 10 nitrogen and oxygen atoms in total. The van der Waals surface area contributed by atoms with Crippen LogP contribution in [0.4, 0.5) is 32.1 Å². The molecule has 36 heavy (non-hydrogen) atoms. The zero-order chi connectivity index (χ0) is 25.6. The third-order valence-electron chi connectivity index (χ3n) is 5.74. The van der Waals surface area contributed by atoms with Gasteiger partial charge in [-0.05, 0) is 49.9 Å². The standard InChI is InChI=1S/C23H22F2N8O2S/c1-12-9-18(32-30-12)27-22-19(13-6-7-13)20(17-5-4-8-26-31-17)28-23(29-22)33(2)21-15(24)10-14(11-16(21)25)36(3,34)35/h4-5,8-11,13H,6-7H2,1-3H3,(H2,27,28,29,30,32). The minimum Gasteiger partial charge on any atom is -0.323 e. The summed E-state index contributed by atoms with van der Waals surface area (Å²) in [6.07, 6.45) is 4.27. The zero-order valence-corrected chi connectivity index (χ0v) is 20.4. The van der Waals surface area contributed by atoms with E-state index in [1.807, 2.05) is 6.92 Å². The molecule has 186 valence electrons. The van der Waals surface area contributed by atoms with Crippen LogP contribution in [0.5, 0.6) is 0 Å². The molecule has 1 aliphatic carbocycles. The van der Waals surface area contributed by atoms with Crippen molar-refractivity contribution in [3.8, 4) is 11.4 Å². The van der Waals surface area contributed by atoms with Gasteiger partial charge >= 0.3 is 0 Å². The molecular weight excluding hydrogens is 490 g/mol. The largest absolute Gasteiger partial charge is 0.323 e. The molecule has 0 atom stereocenters. The molecular formula is C23H22F2N8O2S. The maximum atomic E-state index is 15.0. The summed E-state index contributed by atoms with van der Waals surface area (Å²) in [7, 11) is -2.41. The first-order valence-corrected chi connectivity index (χ1v) is 12.9. The average Bonchev–Trinajstić information content (AvgIpc) is 3.59. The topological polar surface area (TPSA) is 130 Å². The van der Waals surface area contributed by atoms with E-state index in [0.29, 0.717) is 23.0 Å². The van der Waals surface area contributed by atoms with Gasteiger partial charge in [-0.15, -0.1) is 5.10 Å². The highest BCUT2D eigenvalue weighted by Gasteiger charge is 2.33. The molecule has 1 fully saturated rings. The Kier molecular flexibility index (Phi) is 5.86. The summed E-state index contributed by atoms with van der Waals surface area (Å²) in [6, 6.07) is 6.82. The van der Waals surface area contributed by atoms with E-state index in [1.54, 1.807) is 18.2 Å². The molecule has 13 heteroatoms. The number of sulfone groups is 1. The van der Waals surface area contributed by atoms with Crippen LogP contribution in [-0.2, 0) is 9.84 Å². The minimum absolute atomic E-state index is 0.0280. The first-order valence-electron chi connectivity index (χ1n) is 11.0. The first kappa shape index (κ1) is 23.7. The van der Waals surface area contributed by atoms with Gasteiger partial charge in [-0.2, -0.15) is 15.2 Å². The molecule has 1 aliphatic rings. The lowest BCUT2D eigenvalue weighted by atomic mass is 10.1. The van der Waals surface area contributed by atoms with E-state index in [0.717, 1.165) is 47.4 Å². The van der Waals surface area contributed by atoms with Crippen molar-refractivity contribution in [2.75, 3.05) is 23.5 Å². The SMILES string of the molecule is Cc1cc(Nc2nc(N(C)c3c(F)cc(S(C)(=O)=O)cc3F)nc(-c3cccnn3)c2C2CC2)n[nH]1. The molecule has 0 saturated heterocycles. The van der Waals surface area contributed by atoms with Gasteiger partial charge in [-0.25, -0.2) is 22.2 Å². The Morgan fingerprint density at radius 3 is 2.42 bits per heavy atom. The molecule has 3 heterocycles. The van der Waals surface area contributed by atoms with Gasteiger partial charge in [0.05, 0.1) is 4.90 Å². The number of aromatic amines is 1. The zero-order valence-electron chi connectivity index (χ0n) is 19.6. The van der Waals surface area contributed by atoms with Crippen molar-refractivity contribution in [2.45, 2.75) is 30.6 Å². The lowest BCUT2D eigenvalue weighted by molar-refractivity contribution is 0.569. The number of rotatable bonds is 7. The van der Waals surface area contributed by atoms with Crippen molar-refractivity contribution in [1.82, 2.24) is 30.4 Å². The van der Waals surface area contributed by atoms with Gasteiger partial charge in [0, 0.05) is 36.8 Å². The van der Waals surface area contributed by atoms with Crippen molar-refractivity contribution in [1.29, 1.82) is 0 Å². The van der Waals surface area contributed by atoms with Crippen molar-refractivity contribution >= 4 is 33.1 Å². The molecule has 1 saturated carbocycles. The summed E-state index contributed by atoms with van der Waals surface area (Å²) in [5.74, 6) is -1.04. The summed E-state index contributed by atoms with van der Waals surface area (Å²) in [5.41, 5.74) is 2.10. The van der Waals surface area contributed by atoms with E-state index in [-0.39, 0.29) is 11.9 Å². The van der Waals surface area contributed by atoms with E-state index < -0.39 is 32.1 Å². The molecule has 0 radical (unpaired) electrons. The Morgan fingerprint density at radius 2 is 1.86 bits per heavy atom. The Hall–Kier alpha value is -4.00. The second-order valence-corrected chi connectivity index (χ2v) is 10.7. The van der Waals surface area contributed by atoms with E-state index in [4.69, 9.17) is 0 Å². The second kappa shape index (κ2) is 8.90. The van der Waals surface area contributed by atoms with Gasteiger partial charge in [0.25, 0.3) is 0 Å². The monoisotopic (exact) mass is 512 g/mol. The minimum atomic E-state index is -3.81. The molecule has 0 amide bonds. The molecule has 4 aromatic rings. The summed E-state index contributed by atoms with van der Waals surface area (Å²) >= 11 is 0. The smallest absolute Gasteiger partial charge is 0.232 e.